The first-order valence-corrected chi connectivity index (χ1v) is 15.8. The molecule has 0 radical (unpaired) electrons. The lowest BCUT2D eigenvalue weighted by molar-refractivity contribution is -0.139. The Morgan fingerprint density at radius 1 is 1.07 bits per heavy atom. The number of aryl methyl sites for hydroxylation is 1. The van der Waals surface area contributed by atoms with E-state index in [1.165, 1.54) is 11.3 Å². The monoisotopic (exact) mass is 680 g/mol. The van der Waals surface area contributed by atoms with Crippen molar-refractivity contribution in [2.75, 3.05) is 13.2 Å². The molecule has 0 saturated carbocycles. The van der Waals surface area contributed by atoms with Crippen molar-refractivity contribution in [1.29, 1.82) is 0 Å². The number of halogens is 2. The first kappa shape index (κ1) is 30.8. The van der Waals surface area contributed by atoms with Gasteiger partial charge in [0.2, 0.25) is 0 Å². The van der Waals surface area contributed by atoms with Crippen molar-refractivity contribution in [3.05, 3.63) is 123 Å². The van der Waals surface area contributed by atoms with E-state index in [9.17, 15) is 9.59 Å². The summed E-state index contributed by atoms with van der Waals surface area (Å²) in [6.07, 6.45) is 1.80. The Bertz CT molecular complexity index is 1900. The molecule has 10 heteroatoms. The Balaban J connectivity index is 1.58. The molecular formula is C33H30BrClN2O5S. The molecule has 3 aromatic carbocycles. The average molecular weight is 682 g/mol. The smallest absolute Gasteiger partial charge is 0.338 e. The Morgan fingerprint density at radius 2 is 1.84 bits per heavy atom. The molecule has 0 unspecified atom stereocenters. The number of fused-ring (bicyclic) bond motifs is 1. The van der Waals surface area contributed by atoms with E-state index in [1.54, 1.807) is 24.5 Å². The number of thiazole rings is 1. The van der Waals surface area contributed by atoms with Crippen LogP contribution in [0, 0.1) is 6.92 Å². The SMILES string of the molecule is CCOC(=O)C1=C(C)N=c2s/c(=C\c3cc(Br)c(OCc4cccc(Cl)c4)c(OCC)c3)c(=O)n2[C@H]1c1ccc(C)cc1. The van der Waals surface area contributed by atoms with Gasteiger partial charge < -0.3 is 14.2 Å². The van der Waals surface area contributed by atoms with Crippen LogP contribution in [0.25, 0.3) is 6.08 Å². The second kappa shape index (κ2) is 13.3. The fraction of sp³-hybridized carbons (Fsp3) is 0.242. The second-order valence-electron chi connectivity index (χ2n) is 9.89. The number of hydrogen-bond acceptors (Lipinski definition) is 7. The molecule has 5 rings (SSSR count). The fourth-order valence-corrected chi connectivity index (χ4v) is 6.70. The highest BCUT2D eigenvalue weighted by Crippen LogP contribution is 2.38. The summed E-state index contributed by atoms with van der Waals surface area (Å²) in [6, 6.07) is 18.3. The third-order valence-electron chi connectivity index (χ3n) is 6.81. The maximum atomic E-state index is 14.0. The average Bonchev–Trinajstić information content (AvgIpc) is 3.26. The van der Waals surface area contributed by atoms with Crippen LogP contribution in [0.4, 0.5) is 0 Å². The van der Waals surface area contributed by atoms with E-state index < -0.39 is 12.0 Å². The molecule has 43 heavy (non-hydrogen) atoms. The summed E-state index contributed by atoms with van der Waals surface area (Å²) in [6.45, 7) is 8.37. The quantitative estimate of drug-likeness (QED) is 0.189. The van der Waals surface area contributed by atoms with Crippen LogP contribution in [0.5, 0.6) is 11.5 Å². The van der Waals surface area contributed by atoms with Gasteiger partial charge in [-0.1, -0.05) is 64.9 Å². The molecule has 222 valence electrons. The summed E-state index contributed by atoms with van der Waals surface area (Å²) < 4.78 is 20.2. The fourth-order valence-electron chi connectivity index (χ4n) is 4.86. The molecule has 0 aliphatic carbocycles. The van der Waals surface area contributed by atoms with Gasteiger partial charge in [0.25, 0.3) is 5.56 Å². The number of carbonyl (C=O) groups excluding carboxylic acids is 1. The van der Waals surface area contributed by atoms with Crippen LogP contribution < -0.4 is 24.4 Å². The minimum absolute atomic E-state index is 0.219. The van der Waals surface area contributed by atoms with Crippen molar-refractivity contribution in [1.82, 2.24) is 4.57 Å². The van der Waals surface area contributed by atoms with Crippen molar-refractivity contribution >= 4 is 50.9 Å². The van der Waals surface area contributed by atoms with Gasteiger partial charge in [0.05, 0.1) is 39.5 Å². The molecule has 1 aliphatic rings. The molecule has 4 aromatic rings. The predicted molar refractivity (Wildman–Crippen MR) is 173 cm³/mol. The van der Waals surface area contributed by atoms with Crippen LogP contribution in [-0.4, -0.2) is 23.8 Å². The summed E-state index contributed by atoms with van der Waals surface area (Å²) in [5.74, 6) is 0.604. The summed E-state index contributed by atoms with van der Waals surface area (Å²) >= 11 is 11.0. The number of benzene rings is 3. The van der Waals surface area contributed by atoms with Crippen molar-refractivity contribution in [2.45, 2.75) is 40.3 Å². The Kier molecular flexibility index (Phi) is 9.54. The first-order valence-electron chi connectivity index (χ1n) is 13.8. The number of hydrogen-bond donors (Lipinski definition) is 0. The molecule has 1 aliphatic heterocycles. The summed E-state index contributed by atoms with van der Waals surface area (Å²) in [7, 11) is 0. The van der Waals surface area contributed by atoms with Crippen LogP contribution in [0.1, 0.15) is 49.1 Å². The van der Waals surface area contributed by atoms with Crippen LogP contribution >= 0.6 is 38.9 Å². The minimum atomic E-state index is -0.661. The van der Waals surface area contributed by atoms with Gasteiger partial charge >= 0.3 is 5.97 Å². The van der Waals surface area contributed by atoms with E-state index in [-0.39, 0.29) is 12.2 Å². The highest BCUT2D eigenvalue weighted by atomic mass is 79.9. The molecule has 2 heterocycles. The van der Waals surface area contributed by atoms with E-state index in [1.807, 2.05) is 74.5 Å². The van der Waals surface area contributed by atoms with Crippen LogP contribution in [0.2, 0.25) is 5.02 Å². The molecule has 0 amide bonds. The number of ether oxygens (including phenoxy) is 3. The number of carbonyl (C=O) groups is 1. The number of esters is 1. The molecule has 0 fully saturated rings. The Hall–Kier alpha value is -3.66. The number of rotatable bonds is 9. The maximum absolute atomic E-state index is 14.0. The van der Waals surface area contributed by atoms with Crippen molar-refractivity contribution in [2.24, 2.45) is 4.99 Å². The second-order valence-corrected chi connectivity index (χ2v) is 12.2. The van der Waals surface area contributed by atoms with Crippen molar-refractivity contribution in [3.63, 3.8) is 0 Å². The highest BCUT2D eigenvalue weighted by molar-refractivity contribution is 9.10. The van der Waals surface area contributed by atoms with Gasteiger partial charge in [-0.15, -0.1) is 0 Å². The number of nitrogens with zero attached hydrogens (tertiary/aromatic N) is 2. The largest absolute Gasteiger partial charge is 0.490 e. The minimum Gasteiger partial charge on any atom is -0.490 e. The topological polar surface area (TPSA) is 79.1 Å². The predicted octanol–water partition coefficient (Wildman–Crippen LogP) is 6.50. The molecule has 0 N–H and O–H groups in total. The first-order chi connectivity index (χ1) is 20.7. The molecule has 7 nitrogen and oxygen atoms in total. The van der Waals surface area contributed by atoms with E-state index >= 15 is 0 Å². The van der Waals surface area contributed by atoms with Gasteiger partial charge in [-0.3, -0.25) is 9.36 Å². The molecule has 1 atom stereocenters. The molecular weight excluding hydrogens is 652 g/mol. The summed E-state index contributed by atoms with van der Waals surface area (Å²) in [4.78, 5) is 32.3. The molecule has 0 spiro atoms. The standard InChI is InChI=1S/C33H30BrClN2O5S/c1-5-40-26-16-22(15-25(34)30(26)42-18-21-8-7-9-24(35)14-21)17-27-31(38)37-29(23-12-10-19(3)11-13-23)28(32(39)41-6-2)20(4)36-33(37)43-27/h7-17,29H,5-6,18H2,1-4H3/b27-17-/t29-/m0/s1. The van der Waals surface area contributed by atoms with Crippen LogP contribution in [-0.2, 0) is 16.1 Å². The van der Waals surface area contributed by atoms with E-state index in [0.29, 0.717) is 54.8 Å². The van der Waals surface area contributed by atoms with Gasteiger partial charge in [-0.25, -0.2) is 9.79 Å². The highest BCUT2D eigenvalue weighted by Gasteiger charge is 2.33. The maximum Gasteiger partial charge on any atom is 0.338 e. The number of allylic oxidation sites excluding steroid dienone is 1. The summed E-state index contributed by atoms with van der Waals surface area (Å²) in [5.41, 5.74) is 4.17. The Labute approximate surface area is 266 Å². The van der Waals surface area contributed by atoms with Gasteiger partial charge in [-0.2, -0.15) is 0 Å². The normalized spacial score (nSPS) is 14.7. The third kappa shape index (κ3) is 6.64. The lowest BCUT2D eigenvalue weighted by Crippen LogP contribution is -2.39. The number of aromatic nitrogens is 1. The molecule has 0 bridgehead atoms. The molecule has 0 saturated heterocycles. The summed E-state index contributed by atoms with van der Waals surface area (Å²) in [5, 5.41) is 0.635. The van der Waals surface area contributed by atoms with Crippen molar-refractivity contribution in [3.8, 4) is 11.5 Å². The third-order valence-corrected chi connectivity index (χ3v) is 8.62. The van der Waals surface area contributed by atoms with Crippen LogP contribution in [0.15, 0.2) is 86.2 Å². The Morgan fingerprint density at radius 3 is 2.53 bits per heavy atom. The van der Waals surface area contributed by atoms with Gasteiger partial charge in [0, 0.05) is 5.02 Å². The lowest BCUT2D eigenvalue weighted by Gasteiger charge is -2.24. The van der Waals surface area contributed by atoms with E-state index in [0.717, 1.165) is 22.3 Å². The van der Waals surface area contributed by atoms with Crippen LogP contribution in [0.3, 0.4) is 0 Å². The zero-order chi connectivity index (χ0) is 30.7. The molecule has 1 aromatic heterocycles. The van der Waals surface area contributed by atoms with Gasteiger partial charge in [0.15, 0.2) is 16.3 Å². The van der Waals surface area contributed by atoms with Gasteiger partial charge in [0.1, 0.15) is 6.61 Å². The zero-order valence-corrected chi connectivity index (χ0v) is 27.3. The van der Waals surface area contributed by atoms with Crippen molar-refractivity contribution < 1.29 is 19.0 Å². The lowest BCUT2D eigenvalue weighted by atomic mass is 9.95. The van der Waals surface area contributed by atoms with Gasteiger partial charge in [-0.05, 0) is 90.7 Å². The van der Waals surface area contributed by atoms with E-state index in [4.69, 9.17) is 25.8 Å². The van der Waals surface area contributed by atoms with E-state index in [2.05, 4.69) is 20.9 Å². The zero-order valence-electron chi connectivity index (χ0n) is 24.1.